The number of nitrogens with one attached hydrogen (secondary N) is 1. The highest BCUT2D eigenvalue weighted by Gasteiger charge is 2.21. The largest absolute Gasteiger partial charge is 0.490 e. The fourth-order valence-electron chi connectivity index (χ4n) is 2.34. The van der Waals surface area contributed by atoms with Crippen LogP contribution in [0.5, 0.6) is 5.75 Å². The standard InChI is InChI=1S/C14H18N2O2.H2/c1-10-8-14(5-2-11(10)9-15)18-13-6-3-12(16-17)4-7-13;/h2,5,8,12-13,16-17H,3-4,6-7H2,1H3;1H. The maximum Gasteiger partial charge on any atom is 0.120 e. The molecule has 18 heavy (non-hydrogen) atoms. The smallest absolute Gasteiger partial charge is 0.120 e. The van der Waals surface area contributed by atoms with Crippen molar-refractivity contribution in [3.8, 4) is 11.8 Å². The second kappa shape index (κ2) is 5.85. The fraction of sp³-hybridized carbons (Fsp3) is 0.500. The first-order valence-electron chi connectivity index (χ1n) is 6.30. The van der Waals surface area contributed by atoms with E-state index in [-0.39, 0.29) is 13.6 Å². The van der Waals surface area contributed by atoms with Gasteiger partial charge in [0.1, 0.15) is 5.75 Å². The van der Waals surface area contributed by atoms with Gasteiger partial charge in [0.05, 0.1) is 17.7 Å². The topological polar surface area (TPSA) is 65.3 Å². The van der Waals surface area contributed by atoms with Crippen molar-refractivity contribution in [3.05, 3.63) is 29.3 Å². The summed E-state index contributed by atoms with van der Waals surface area (Å²) in [5.41, 5.74) is 3.96. The van der Waals surface area contributed by atoms with Crippen LogP contribution in [0, 0.1) is 18.3 Å². The second-order valence-corrected chi connectivity index (χ2v) is 4.81. The van der Waals surface area contributed by atoms with Gasteiger partial charge in [0.25, 0.3) is 0 Å². The van der Waals surface area contributed by atoms with Crippen LogP contribution in [0.2, 0.25) is 0 Å². The van der Waals surface area contributed by atoms with E-state index in [4.69, 9.17) is 15.2 Å². The van der Waals surface area contributed by atoms with E-state index in [1.165, 1.54) is 0 Å². The van der Waals surface area contributed by atoms with Gasteiger partial charge in [-0.05, 0) is 56.4 Å². The lowest BCUT2D eigenvalue weighted by atomic mass is 9.93. The highest BCUT2D eigenvalue weighted by Crippen LogP contribution is 2.25. The molecule has 2 N–H and O–H groups in total. The third kappa shape index (κ3) is 3.00. The van der Waals surface area contributed by atoms with Crippen molar-refractivity contribution in [2.45, 2.75) is 44.8 Å². The summed E-state index contributed by atoms with van der Waals surface area (Å²) in [6, 6.07) is 7.91. The quantitative estimate of drug-likeness (QED) is 0.807. The Labute approximate surface area is 109 Å². The molecule has 4 heteroatoms. The molecule has 0 unspecified atom stereocenters. The molecule has 98 valence electrons. The number of nitriles is 1. The lowest BCUT2D eigenvalue weighted by molar-refractivity contribution is 0.0720. The number of hydrogen-bond donors (Lipinski definition) is 2. The molecular weight excluding hydrogens is 228 g/mol. The van der Waals surface area contributed by atoms with Crippen LogP contribution in [0.1, 0.15) is 38.2 Å². The van der Waals surface area contributed by atoms with Gasteiger partial charge in [-0.3, -0.25) is 0 Å². The van der Waals surface area contributed by atoms with Crippen LogP contribution in [0.4, 0.5) is 0 Å². The summed E-state index contributed by atoms with van der Waals surface area (Å²) in [7, 11) is 0. The first-order chi connectivity index (χ1) is 8.72. The molecule has 1 saturated carbocycles. The molecule has 0 saturated heterocycles. The normalized spacial score (nSPS) is 23.4. The summed E-state index contributed by atoms with van der Waals surface area (Å²) >= 11 is 0. The first kappa shape index (κ1) is 12.9. The van der Waals surface area contributed by atoms with Crippen LogP contribution in [0.15, 0.2) is 18.2 Å². The summed E-state index contributed by atoms with van der Waals surface area (Å²) < 4.78 is 5.91. The average Bonchev–Trinajstić information content (AvgIpc) is 2.40. The number of hydrogen-bond acceptors (Lipinski definition) is 4. The third-order valence-corrected chi connectivity index (χ3v) is 3.48. The first-order valence-corrected chi connectivity index (χ1v) is 6.30. The number of aryl methyl sites for hydroxylation is 1. The van der Waals surface area contributed by atoms with E-state index < -0.39 is 0 Å². The van der Waals surface area contributed by atoms with Crippen LogP contribution in [-0.2, 0) is 0 Å². The average molecular weight is 248 g/mol. The minimum Gasteiger partial charge on any atom is -0.490 e. The van der Waals surface area contributed by atoms with E-state index in [9.17, 15) is 0 Å². The summed E-state index contributed by atoms with van der Waals surface area (Å²) in [6.07, 6.45) is 3.95. The number of ether oxygens (including phenoxy) is 1. The summed E-state index contributed by atoms with van der Waals surface area (Å²) in [5.74, 6) is 0.826. The maximum atomic E-state index is 8.87. The number of rotatable bonds is 3. The van der Waals surface area contributed by atoms with E-state index >= 15 is 0 Å². The third-order valence-electron chi connectivity index (χ3n) is 3.48. The van der Waals surface area contributed by atoms with E-state index in [2.05, 4.69) is 11.5 Å². The fourth-order valence-corrected chi connectivity index (χ4v) is 2.34. The van der Waals surface area contributed by atoms with Crippen molar-refractivity contribution in [2.75, 3.05) is 0 Å². The molecule has 0 bridgehead atoms. The Hall–Kier alpha value is -1.57. The highest BCUT2D eigenvalue weighted by atomic mass is 16.5. The zero-order valence-electron chi connectivity index (χ0n) is 10.5. The van der Waals surface area contributed by atoms with Gasteiger partial charge in [0.15, 0.2) is 0 Å². The summed E-state index contributed by atoms with van der Waals surface area (Å²) in [6.45, 7) is 1.91. The predicted octanol–water partition coefficient (Wildman–Crippen LogP) is 2.78. The Balaban J connectivity index is 0.00000180. The number of hydroxylamine groups is 1. The Morgan fingerprint density at radius 1 is 1.39 bits per heavy atom. The molecule has 4 nitrogen and oxygen atoms in total. The van der Waals surface area contributed by atoms with Crippen molar-refractivity contribution >= 4 is 0 Å². The Morgan fingerprint density at radius 3 is 2.67 bits per heavy atom. The Morgan fingerprint density at radius 2 is 2.11 bits per heavy atom. The van der Waals surface area contributed by atoms with Gasteiger partial charge in [-0.25, -0.2) is 5.48 Å². The molecule has 0 atom stereocenters. The van der Waals surface area contributed by atoms with Gasteiger partial charge in [-0.15, -0.1) is 0 Å². The molecule has 0 aliphatic heterocycles. The molecular formula is C14H20N2O2. The van der Waals surface area contributed by atoms with Crippen LogP contribution < -0.4 is 10.2 Å². The summed E-state index contributed by atoms with van der Waals surface area (Å²) in [5, 5.41) is 17.7. The summed E-state index contributed by atoms with van der Waals surface area (Å²) in [4.78, 5) is 0. The molecule has 0 amide bonds. The lowest BCUT2D eigenvalue weighted by Crippen LogP contribution is -2.34. The lowest BCUT2D eigenvalue weighted by Gasteiger charge is -2.28. The van der Waals surface area contributed by atoms with Gasteiger partial charge in [0.2, 0.25) is 0 Å². The van der Waals surface area contributed by atoms with Gasteiger partial charge in [-0.1, -0.05) is 0 Å². The molecule has 1 aliphatic carbocycles. The van der Waals surface area contributed by atoms with E-state index in [0.29, 0.717) is 5.56 Å². The van der Waals surface area contributed by atoms with E-state index in [1.54, 1.807) is 6.07 Å². The maximum absolute atomic E-state index is 8.87. The second-order valence-electron chi connectivity index (χ2n) is 4.81. The van der Waals surface area contributed by atoms with Gasteiger partial charge in [-0.2, -0.15) is 5.26 Å². The van der Waals surface area contributed by atoms with Crippen molar-refractivity contribution in [1.82, 2.24) is 5.48 Å². The van der Waals surface area contributed by atoms with Crippen molar-refractivity contribution in [3.63, 3.8) is 0 Å². The molecule has 2 rings (SSSR count). The van der Waals surface area contributed by atoms with Crippen LogP contribution in [-0.4, -0.2) is 17.4 Å². The zero-order valence-corrected chi connectivity index (χ0v) is 10.5. The van der Waals surface area contributed by atoms with Gasteiger partial charge < -0.3 is 9.94 Å². The van der Waals surface area contributed by atoms with Crippen molar-refractivity contribution in [2.24, 2.45) is 0 Å². The SMILES string of the molecule is Cc1cc(OC2CCC(NO)CC2)ccc1C#N.[HH]. The molecule has 0 spiro atoms. The van der Waals surface area contributed by atoms with Gasteiger partial charge >= 0.3 is 0 Å². The minimum absolute atomic E-state index is 0. The highest BCUT2D eigenvalue weighted by molar-refractivity contribution is 5.41. The van der Waals surface area contributed by atoms with Crippen LogP contribution in [0.3, 0.4) is 0 Å². The molecule has 1 fully saturated rings. The van der Waals surface area contributed by atoms with Crippen molar-refractivity contribution in [1.29, 1.82) is 5.26 Å². The van der Waals surface area contributed by atoms with E-state index in [1.807, 2.05) is 19.1 Å². The predicted molar refractivity (Wildman–Crippen MR) is 69.6 cm³/mol. The molecule has 1 aliphatic rings. The molecule has 1 aromatic carbocycles. The molecule has 0 radical (unpaired) electrons. The van der Waals surface area contributed by atoms with Crippen LogP contribution >= 0.6 is 0 Å². The molecule has 1 aromatic rings. The number of benzene rings is 1. The molecule has 0 aromatic heterocycles. The monoisotopic (exact) mass is 248 g/mol. The van der Waals surface area contributed by atoms with Crippen LogP contribution in [0.25, 0.3) is 0 Å². The Bertz CT molecular complexity index is 451. The van der Waals surface area contributed by atoms with E-state index in [0.717, 1.165) is 37.0 Å². The zero-order chi connectivity index (χ0) is 13.0. The number of nitrogens with zero attached hydrogens (tertiary/aromatic N) is 1. The Kier molecular flexibility index (Phi) is 4.19. The minimum atomic E-state index is 0. The molecule has 0 heterocycles. The van der Waals surface area contributed by atoms with Gasteiger partial charge in [0, 0.05) is 7.47 Å². The van der Waals surface area contributed by atoms with Crippen molar-refractivity contribution < 1.29 is 11.4 Å².